The van der Waals surface area contributed by atoms with E-state index in [0.717, 1.165) is 12.8 Å². The summed E-state index contributed by atoms with van der Waals surface area (Å²) in [5.74, 6) is 0.654. The van der Waals surface area contributed by atoms with Gasteiger partial charge in [-0.15, -0.1) is 0 Å². The highest BCUT2D eigenvalue weighted by Crippen LogP contribution is 2.15. The lowest BCUT2D eigenvalue weighted by molar-refractivity contribution is 0.862. The zero-order valence-corrected chi connectivity index (χ0v) is 17.5. The number of hydrogen-bond donors (Lipinski definition) is 0. The molecule has 0 atom stereocenters. The van der Waals surface area contributed by atoms with Gasteiger partial charge in [0.15, 0.2) is 0 Å². The Morgan fingerprint density at radius 3 is 1.92 bits per heavy atom. The summed E-state index contributed by atoms with van der Waals surface area (Å²) in [6.45, 7) is 18.9. The fourth-order valence-electron chi connectivity index (χ4n) is 1.96. The lowest BCUT2D eigenvalue weighted by Crippen LogP contribution is -1.88. The predicted octanol–water partition coefficient (Wildman–Crippen LogP) is 7.38. The molecular formula is C23H39N. The zero-order valence-electron chi connectivity index (χ0n) is 17.5. The molecule has 0 amide bonds. The van der Waals surface area contributed by atoms with E-state index in [-0.39, 0.29) is 0 Å². The molecule has 0 unspecified atom stereocenters. The summed E-state index contributed by atoms with van der Waals surface area (Å²) in [4.78, 5) is 4.16. The smallest absolute Gasteiger partial charge is 0.0403 e. The first-order valence-corrected chi connectivity index (χ1v) is 9.57. The third-order valence-corrected chi connectivity index (χ3v) is 3.36. The monoisotopic (exact) mass is 329 g/mol. The molecule has 0 N–H and O–H groups in total. The second-order valence-corrected chi connectivity index (χ2v) is 5.43. The second kappa shape index (κ2) is 16.2. The van der Waals surface area contributed by atoms with Crippen LogP contribution in [0.25, 0.3) is 0 Å². The average Bonchev–Trinajstić information content (AvgIpc) is 2.65. The molecule has 2 aromatic rings. The summed E-state index contributed by atoms with van der Waals surface area (Å²) >= 11 is 0. The Bertz CT molecular complexity index is 515. The first kappa shape index (κ1) is 24.6. The topological polar surface area (TPSA) is 12.9 Å². The van der Waals surface area contributed by atoms with Gasteiger partial charge in [0, 0.05) is 11.9 Å². The van der Waals surface area contributed by atoms with Gasteiger partial charge in [0.2, 0.25) is 0 Å². The minimum Gasteiger partial charge on any atom is -0.261 e. The number of benzene rings is 1. The van der Waals surface area contributed by atoms with Gasteiger partial charge < -0.3 is 0 Å². The Labute approximate surface area is 151 Å². The highest BCUT2D eigenvalue weighted by molar-refractivity contribution is 5.25. The molecule has 0 aliphatic rings. The van der Waals surface area contributed by atoms with Crippen molar-refractivity contribution in [3.8, 4) is 0 Å². The molecule has 1 aromatic carbocycles. The van der Waals surface area contributed by atoms with Crippen molar-refractivity contribution in [1.82, 2.24) is 4.98 Å². The third-order valence-electron chi connectivity index (χ3n) is 3.36. The van der Waals surface area contributed by atoms with Gasteiger partial charge in [-0.05, 0) is 54.5 Å². The largest absolute Gasteiger partial charge is 0.261 e. The van der Waals surface area contributed by atoms with E-state index in [0.29, 0.717) is 5.92 Å². The van der Waals surface area contributed by atoms with E-state index in [9.17, 15) is 0 Å². The maximum Gasteiger partial charge on any atom is 0.0403 e. The molecule has 0 bridgehead atoms. The van der Waals surface area contributed by atoms with E-state index in [1.165, 1.54) is 22.4 Å². The quantitative estimate of drug-likeness (QED) is 0.572. The van der Waals surface area contributed by atoms with Crippen LogP contribution in [0, 0.1) is 6.92 Å². The fraction of sp³-hybridized carbons (Fsp3) is 0.522. The van der Waals surface area contributed by atoms with Crippen molar-refractivity contribution in [1.29, 1.82) is 0 Å². The Morgan fingerprint density at radius 2 is 1.50 bits per heavy atom. The standard InChI is InChI=1S/C11H16.C8H11N.2C2H6/c1-4-10-6-5-7-11(8-10)9(2)3;1-3-8-6-7(2)4-5-9-8;2*1-2/h5-9H,4H2,1-3H3;4-6H,3H2,1-2H3;2*1-2H3. The molecule has 1 heteroatoms. The van der Waals surface area contributed by atoms with E-state index in [1.54, 1.807) is 0 Å². The van der Waals surface area contributed by atoms with Crippen LogP contribution < -0.4 is 0 Å². The number of aryl methyl sites for hydroxylation is 3. The van der Waals surface area contributed by atoms with Crippen LogP contribution in [0.3, 0.4) is 0 Å². The Morgan fingerprint density at radius 1 is 0.875 bits per heavy atom. The maximum absolute atomic E-state index is 4.16. The summed E-state index contributed by atoms with van der Waals surface area (Å²) in [6, 6.07) is 13.0. The van der Waals surface area contributed by atoms with Crippen LogP contribution in [0.1, 0.15) is 83.7 Å². The van der Waals surface area contributed by atoms with E-state index >= 15 is 0 Å². The first-order valence-electron chi connectivity index (χ1n) is 9.57. The van der Waals surface area contributed by atoms with Crippen LogP contribution in [0.4, 0.5) is 0 Å². The van der Waals surface area contributed by atoms with Crippen LogP contribution in [-0.2, 0) is 12.8 Å². The maximum atomic E-state index is 4.16. The molecule has 1 aromatic heterocycles. The molecule has 0 saturated heterocycles. The molecule has 136 valence electrons. The van der Waals surface area contributed by atoms with E-state index in [4.69, 9.17) is 0 Å². The van der Waals surface area contributed by atoms with Crippen LogP contribution in [0.15, 0.2) is 42.6 Å². The van der Waals surface area contributed by atoms with Gasteiger partial charge in [-0.1, -0.05) is 79.7 Å². The molecule has 0 spiro atoms. The van der Waals surface area contributed by atoms with Crippen molar-refractivity contribution in [3.05, 3.63) is 65.0 Å². The Hall–Kier alpha value is -1.63. The summed E-state index contributed by atoms with van der Waals surface area (Å²) < 4.78 is 0. The zero-order chi connectivity index (χ0) is 19.0. The fourth-order valence-corrected chi connectivity index (χ4v) is 1.96. The number of hydrogen-bond acceptors (Lipinski definition) is 1. The molecule has 0 radical (unpaired) electrons. The van der Waals surface area contributed by atoms with Crippen molar-refractivity contribution < 1.29 is 0 Å². The van der Waals surface area contributed by atoms with Crippen molar-refractivity contribution >= 4 is 0 Å². The number of nitrogens with zero attached hydrogens (tertiary/aromatic N) is 1. The highest BCUT2D eigenvalue weighted by Gasteiger charge is 1.97. The van der Waals surface area contributed by atoms with Crippen LogP contribution in [0.2, 0.25) is 0 Å². The lowest BCUT2D eigenvalue weighted by Gasteiger charge is -2.05. The van der Waals surface area contributed by atoms with E-state index < -0.39 is 0 Å². The van der Waals surface area contributed by atoms with Gasteiger partial charge in [0.1, 0.15) is 0 Å². The van der Waals surface area contributed by atoms with Gasteiger partial charge in [0.25, 0.3) is 0 Å². The normalized spacial score (nSPS) is 8.92. The van der Waals surface area contributed by atoms with Gasteiger partial charge in [-0.3, -0.25) is 4.98 Å². The number of pyridine rings is 1. The van der Waals surface area contributed by atoms with Gasteiger partial charge in [-0.2, -0.15) is 0 Å². The number of rotatable bonds is 3. The van der Waals surface area contributed by atoms with Crippen LogP contribution in [0.5, 0.6) is 0 Å². The summed E-state index contributed by atoms with van der Waals surface area (Å²) in [5, 5.41) is 0. The predicted molar refractivity (Wildman–Crippen MR) is 111 cm³/mol. The Kier molecular flexibility index (Phi) is 16.7. The SMILES string of the molecule is CC.CC.CCc1cc(C)ccn1.CCc1cccc(C(C)C)c1. The van der Waals surface area contributed by atoms with Crippen molar-refractivity contribution in [2.24, 2.45) is 0 Å². The molecule has 24 heavy (non-hydrogen) atoms. The molecular weight excluding hydrogens is 290 g/mol. The molecule has 1 heterocycles. The minimum absolute atomic E-state index is 0.654. The summed E-state index contributed by atoms with van der Waals surface area (Å²) in [6.07, 6.45) is 4.02. The molecule has 0 saturated carbocycles. The molecule has 0 fully saturated rings. The number of aromatic nitrogens is 1. The van der Waals surface area contributed by atoms with E-state index in [2.05, 4.69) is 69.9 Å². The highest BCUT2D eigenvalue weighted by atomic mass is 14.7. The lowest BCUT2D eigenvalue weighted by atomic mass is 10.0. The molecule has 0 aliphatic carbocycles. The third kappa shape index (κ3) is 11.0. The summed E-state index contributed by atoms with van der Waals surface area (Å²) in [7, 11) is 0. The van der Waals surface area contributed by atoms with E-state index in [1.807, 2.05) is 40.0 Å². The van der Waals surface area contributed by atoms with Crippen LogP contribution >= 0.6 is 0 Å². The van der Waals surface area contributed by atoms with Crippen molar-refractivity contribution in [3.63, 3.8) is 0 Å². The molecule has 0 aliphatic heterocycles. The average molecular weight is 330 g/mol. The van der Waals surface area contributed by atoms with Crippen molar-refractivity contribution in [2.75, 3.05) is 0 Å². The van der Waals surface area contributed by atoms with Gasteiger partial charge in [-0.25, -0.2) is 0 Å². The van der Waals surface area contributed by atoms with Crippen LogP contribution in [-0.4, -0.2) is 4.98 Å². The van der Waals surface area contributed by atoms with Gasteiger partial charge in [0.05, 0.1) is 0 Å². The minimum atomic E-state index is 0.654. The molecule has 2 rings (SSSR count). The second-order valence-electron chi connectivity index (χ2n) is 5.43. The first-order chi connectivity index (χ1) is 11.6. The summed E-state index contributed by atoms with van der Waals surface area (Å²) in [5.41, 5.74) is 5.36. The van der Waals surface area contributed by atoms with Gasteiger partial charge >= 0.3 is 0 Å². The molecule has 1 nitrogen and oxygen atoms in total. The Balaban J connectivity index is 0. The van der Waals surface area contributed by atoms with Crippen molar-refractivity contribution in [2.45, 2.75) is 81.1 Å².